The molecule has 1 aliphatic rings. The van der Waals surface area contributed by atoms with Crippen LogP contribution in [0.4, 0.5) is 0 Å². The van der Waals surface area contributed by atoms with E-state index in [4.69, 9.17) is 14.2 Å². The molecule has 218 valence electrons. The van der Waals surface area contributed by atoms with Gasteiger partial charge < -0.3 is 24.0 Å². The van der Waals surface area contributed by atoms with Crippen molar-refractivity contribution in [3.8, 4) is 28.6 Å². The predicted octanol–water partition coefficient (Wildman–Crippen LogP) is 3.45. The summed E-state index contributed by atoms with van der Waals surface area (Å²) < 4.78 is 17.5. The fourth-order valence-electron chi connectivity index (χ4n) is 4.63. The van der Waals surface area contributed by atoms with Gasteiger partial charge in [-0.2, -0.15) is 0 Å². The Morgan fingerprint density at radius 2 is 1.71 bits per heavy atom. The average molecular weight is 582 g/mol. The van der Waals surface area contributed by atoms with Crippen LogP contribution in [-0.4, -0.2) is 94.6 Å². The lowest BCUT2D eigenvalue weighted by molar-refractivity contribution is -0.147. The molecule has 1 aromatic heterocycles. The molecule has 12 heteroatoms. The van der Waals surface area contributed by atoms with E-state index in [0.29, 0.717) is 43.0 Å². The molecule has 0 bridgehead atoms. The highest BCUT2D eigenvalue weighted by atomic mass is 32.2. The zero-order valence-corrected chi connectivity index (χ0v) is 24.6. The summed E-state index contributed by atoms with van der Waals surface area (Å²) in [7, 11) is 3.22. The van der Waals surface area contributed by atoms with Gasteiger partial charge in [0.25, 0.3) is 0 Å². The van der Waals surface area contributed by atoms with Crippen LogP contribution >= 0.6 is 11.8 Å². The summed E-state index contributed by atoms with van der Waals surface area (Å²) in [5.41, 5.74) is 1.65. The van der Waals surface area contributed by atoms with E-state index in [9.17, 15) is 14.4 Å². The van der Waals surface area contributed by atoms with Crippen molar-refractivity contribution in [1.82, 2.24) is 24.6 Å². The van der Waals surface area contributed by atoms with E-state index < -0.39 is 0 Å². The number of hydrogen-bond acceptors (Lipinski definition) is 9. The molecule has 1 fully saturated rings. The number of nitrogens with zero attached hydrogens (tertiary/aromatic N) is 5. The van der Waals surface area contributed by atoms with Gasteiger partial charge >= 0.3 is 5.97 Å². The fourth-order valence-corrected chi connectivity index (χ4v) is 5.49. The van der Waals surface area contributed by atoms with Crippen molar-refractivity contribution in [2.75, 3.05) is 46.2 Å². The lowest BCUT2D eigenvalue weighted by Crippen LogP contribution is -2.55. The number of esters is 1. The molecule has 2 heterocycles. The van der Waals surface area contributed by atoms with Gasteiger partial charge in [0, 0.05) is 43.3 Å². The Bertz CT molecular complexity index is 1360. The summed E-state index contributed by atoms with van der Waals surface area (Å²) in [6.45, 7) is 5.20. The minimum absolute atomic E-state index is 0.0484. The summed E-state index contributed by atoms with van der Waals surface area (Å²) in [4.78, 5) is 41.0. The molecule has 1 aliphatic heterocycles. The van der Waals surface area contributed by atoms with Crippen molar-refractivity contribution in [1.29, 1.82) is 0 Å². The van der Waals surface area contributed by atoms with Crippen LogP contribution < -0.4 is 9.47 Å². The number of carbonyl (C=O) groups is 3. The fraction of sp³-hybridized carbons (Fsp3) is 0.414. The molecule has 0 N–H and O–H groups in total. The SMILES string of the molecule is CCOC(=O)CCC(=O)N1CCN(C(=O)CSc2nnc(-c3cccc(OC)c3)n2-c2ccc(OC)cc2)CC1C. The van der Waals surface area contributed by atoms with Gasteiger partial charge in [-0.3, -0.25) is 19.0 Å². The first-order valence-electron chi connectivity index (χ1n) is 13.4. The molecule has 1 unspecified atom stereocenters. The van der Waals surface area contributed by atoms with Crippen LogP contribution in [0.3, 0.4) is 0 Å². The van der Waals surface area contributed by atoms with Gasteiger partial charge in [-0.1, -0.05) is 23.9 Å². The highest BCUT2D eigenvalue weighted by Gasteiger charge is 2.30. The second kappa shape index (κ2) is 14.0. The van der Waals surface area contributed by atoms with Crippen molar-refractivity contribution in [3.63, 3.8) is 0 Å². The number of thioether (sulfide) groups is 1. The maximum Gasteiger partial charge on any atom is 0.306 e. The van der Waals surface area contributed by atoms with Crippen LogP contribution in [0.25, 0.3) is 17.1 Å². The van der Waals surface area contributed by atoms with Gasteiger partial charge in [-0.25, -0.2) is 0 Å². The first-order chi connectivity index (χ1) is 19.8. The Morgan fingerprint density at radius 3 is 2.39 bits per heavy atom. The van der Waals surface area contributed by atoms with Crippen LogP contribution in [0.5, 0.6) is 11.5 Å². The Hall–Kier alpha value is -4.06. The Labute approximate surface area is 243 Å². The molecule has 2 aromatic carbocycles. The lowest BCUT2D eigenvalue weighted by atomic mass is 10.1. The summed E-state index contributed by atoms with van der Waals surface area (Å²) in [6, 6.07) is 15.0. The van der Waals surface area contributed by atoms with Crippen LogP contribution in [-0.2, 0) is 19.1 Å². The van der Waals surface area contributed by atoms with Crippen LogP contribution in [0.1, 0.15) is 26.7 Å². The van der Waals surface area contributed by atoms with Gasteiger partial charge in [0.15, 0.2) is 11.0 Å². The van der Waals surface area contributed by atoms with Crippen molar-refractivity contribution < 1.29 is 28.6 Å². The number of aromatic nitrogens is 3. The third-order valence-electron chi connectivity index (χ3n) is 6.77. The predicted molar refractivity (Wildman–Crippen MR) is 154 cm³/mol. The molecule has 11 nitrogen and oxygen atoms in total. The Balaban J connectivity index is 1.44. The van der Waals surface area contributed by atoms with Gasteiger partial charge in [0.05, 0.1) is 33.0 Å². The van der Waals surface area contributed by atoms with Gasteiger partial charge in [-0.15, -0.1) is 10.2 Å². The van der Waals surface area contributed by atoms with E-state index in [1.54, 1.807) is 30.9 Å². The number of rotatable bonds is 11. The number of hydrogen-bond donors (Lipinski definition) is 0. The normalized spacial score (nSPS) is 15.0. The molecule has 1 saturated heterocycles. The van der Waals surface area contributed by atoms with Crippen LogP contribution in [0, 0.1) is 0 Å². The summed E-state index contributed by atoms with van der Waals surface area (Å²) in [5, 5.41) is 9.45. The third kappa shape index (κ3) is 7.37. The third-order valence-corrected chi connectivity index (χ3v) is 7.68. The zero-order valence-electron chi connectivity index (χ0n) is 23.7. The molecule has 41 heavy (non-hydrogen) atoms. The minimum Gasteiger partial charge on any atom is -0.497 e. The van der Waals surface area contributed by atoms with Crippen LogP contribution in [0.2, 0.25) is 0 Å². The van der Waals surface area contributed by atoms with Gasteiger partial charge in [0.2, 0.25) is 11.8 Å². The van der Waals surface area contributed by atoms with E-state index in [0.717, 1.165) is 17.0 Å². The Kier molecular flexibility index (Phi) is 10.2. The van der Waals surface area contributed by atoms with E-state index in [1.807, 2.05) is 60.0 Å². The molecule has 0 aliphatic carbocycles. The van der Waals surface area contributed by atoms with E-state index in [2.05, 4.69) is 10.2 Å². The summed E-state index contributed by atoms with van der Waals surface area (Å²) in [5.74, 6) is 1.67. The van der Waals surface area contributed by atoms with Crippen molar-refractivity contribution in [2.45, 2.75) is 37.9 Å². The molecule has 1 atom stereocenters. The quantitative estimate of drug-likeness (QED) is 0.248. The number of amides is 2. The number of carbonyl (C=O) groups excluding carboxylic acids is 3. The number of ether oxygens (including phenoxy) is 3. The van der Waals surface area contributed by atoms with Gasteiger partial charge in [0.1, 0.15) is 11.5 Å². The smallest absolute Gasteiger partial charge is 0.306 e. The molecule has 0 saturated carbocycles. The van der Waals surface area contributed by atoms with Crippen molar-refractivity contribution in [2.24, 2.45) is 0 Å². The van der Waals surface area contributed by atoms with Crippen molar-refractivity contribution >= 4 is 29.5 Å². The Morgan fingerprint density at radius 1 is 0.951 bits per heavy atom. The zero-order chi connectivity index (χ0) is 29.4. The molecule has 0 spiro atoms. The monoisotopic (exact) mass is 581 g/mol. The second-order valence-corrected chi connectivity index (χ2v) is 10.4. The topological polar surface area (TPSA) is 116 Å². The number of benzene rings is 2. The largest absolute Gasteiger partial charge is 0.497 e. The van der Waals surface area contributed by atoms with Gasteiger partial charge in [-0.05, 0) is 50.2 Å². The second-order valence-electron chi connectivity index (χ2n) is 9.44. The average Bonchev–Trinajstić information content (AvgIpc) is 3.42. The molecular formula is C29H35N5O6S. The molecule has 3 aromatic rings. The van der Waals surface area contributed by atoms with E-state index in [-0.39, 0.29) is 42.4 Å². The molecule has 4 rings (SSSR count). The number of piperazine rings is 1. The number of methoxy groups -OCH3 is 2. The molecular weight excluding hydrogens is 546 g/mol. The molecule has 0 radical (unpaired) electrons. The lowest BCUT2D eigenvalue weighted by Gasteiger charge is -2.40. The van der Waals surface area contributed by atoms with Crippen LogP contribution in [0.15, 0.2) is 53.7 Å². The highest BCUT2D eigenvalue weighted by Crippen LogP contribution is 2.30. The van der Waals surface area contributed by atoms with Crippen molar-refractivity contribution in [3.05, 3.63) is 48.5 Å². The highest BCUT2D eigenvalue weighted by molar-refractivity contribution is 7.99. The standard InChI is InChI=1S/C29H35N5O6S/c1-5-40-27(37)14-13-25(35)33-16-15-32(18-20(33)2)26(36)19-41-29-31-30-28(21-7-6-8-24(17-21)39-4)34(29)22-9-11-23(38-3)12-10-22/h6-12,17,20H,5,13-16,18-19H2,1-4H3. The first-order valence-corrected chi connectivity index (χ1v) is 14.4. The molecule has 2 amide bonds. The first kappa shape index (κ1) is 29.9. The maximum atomic E-state index is 13.2. The maximum absolute atomic E-state index is 13.2. The van der Waals surface area contributed by atoms with E-state index >= 15 is 0 Å². The minimum atomic E-state index is -0.378. The van der Waals surface area contributed by atoms with E-state index in [1.165, 1.54) is 11.8 Å². The summed E-state index contributed by atoms with van der Waals surface area (Å²) in [6.07, 6.45) is 0.158. The summed E-state index contributed by atoms with van der Waals surface area (Å²) >= 11 is 1.31.